The van der Waals surface area contributed by atoms with Crippen LogP contribution < -0.4 is 5.73 Å². The van der Waals surface area contributed by atoms with E-state index in [1.54, 1.807) is 6.92 Å². The molecule has 0 saturated heterocycles. The molecule has 6 nitrogen and oxygen atoms in total. The van der Waals surface area contributed by atoms with Crippen LogP contribution in [0.5, 0.6) is 0 Å². The van der Waals surface area contributed by atoms with Crippen molar-refractivity contribution in [3.05, 3.63) is 11.5 Å². The predicted molar refractivity (Wildman–Crippen MR) is 50.4 cm³/mol. The first kappa shape index (κ1) is 10.6. The first-order valence-electron chi connectivity index (χ1n) is 3.62. The Morgan fingerprint density at radius 2 is 2.36 bits per heavy atom. The number of thioether (sulfide) groups is 1. The fraction of sp³-hybridized carbons (Fsp3) is 0.286. The third-order valence-electron chi connectivity index (χ3n) is 1.35. The number of carbonyl (C=O) groups is 1. The summed E-state index contributed by atoms with van der Waals surface area (Å²) in [5.74, 6) is -0.554. The molecule has 3 N–H and O–H groups in total. The molecule has 0 spiro atoms. The lowest BCUT2D eigenvalue weighted by molar-refractivity contribution is 0.0558. The first-order chi connectivity index (χ1) is 6.54. The van der Waals surface area contributed by atoms with Crippen LogP contribution in [0.1, 0.15) is 16.2 Å². The number of carbonyl (C=O) groups excluding carboxylic acids is 1. The topological polar surface area (TPSA) is 102 Å². The molecule has 1 aromatic rings. The second-order valence-corrected chi connectivity index (χ2v) is 3.35. The molecule has 0 atom stereocenters. The smallest absolute Gasteiger partial charge is 0.376 e. The van der Waals surface area contributed by atoms with Crippen molar-refractivity contribution in [2.75, 3.05) is 7.11 Å². The van der Waals surface area contributed by atoms with Gasteiger partial charge in [0, 0.05) is 11.8 Å². The summed E-state index contributed by atoms with van der Waals surface area (Å²) in [4.78, 5) is 15.0. The average molecular weight is 215 g/mol. The number of rotatable bonds is 2. The Bertz CT molecular complexity index is 374. The Morgan fingerprint density at radius 1 is 1.71 bits per heavy atom. The van der Waals surface area contributed by atoms with Gasteiger partial charge >= 0.3 is 5.97 Å². The molecule has 0 saturated carbocycles. The number of oxazole rings is 1. The van der Waals surface area contributed by atoms with Crippen molar-refractivity contribution < 1.29 is 13.9 Å². The molecule has 0 bridgehead atoms. The SMILES string of the molecule is COC(=O)c1oc(SC(=N)N)nc1C. The van der Waals surface area contributed by atoms with E-state index < -0.39 is 5.97 Å². The van der Waals surface area contributed by atoms with Gasteiger partial charge in [-0.15, -0.1) is 0 Å². The minimum Gasteiger partial charge on any atom is -0.463 e. The molecule has 0 unspecified atom stereocenters. The van der Waals surface area contributed by atoms with Crippen LogP contribution in [0.3, 0.4) is 0 Å². The van der Waals surface area contributed by atoms with Crippen molar-refractivity contribution >= 4 is 22.9 Å². The van der Waals surface area contributed by atoms with Crippen LogP contribution in [0.2, 0.25) is 0 Å². The molecule has 76 valence electrons. The summed E-state index contributed by atoms with van der Waals surface area (Å²) in [5, 5.41) is 7.00. The van der Waals surface area contributed by atoms with Crippen LogP contribution in [0.4, 0.5) is 0 Å². The average Bonchev–Trinajstić information content (AvgIpc) is 2.44. The fourth-order valence-corrected chi connectivity index (χ4v) is 1.29. The van der Waals surface area contributed by atoms with Crippen molar-refractivity contribution in [3.8, 4) is 0 Å². The number of amidine groups is 1. The molecule has 0 radical (unpaired) electrons. The van der Waals surface area contributed by atoms with E-state index >= 15 is 0 Å². The van der Waals surface area contributed by atoms with Gasteiger partial charge in [0.1, 0.15) is 0 Å². The monoisotopic (exact) mass is 215 g/mol. The summed E-state index contributed by atoms with van der Waals surface area (Å²) in [7, 11) is 1.25. The Kier molecular flexibility index (Phi) is 3.13. The maximum atomic E-state index is 11.1. The minimum atomic E-state index is -0.592. The van der Waals surface area contributed by atoms with Crippen molar-refractivity contribution in [1.82, 2.24) is 4.98 Å². The van der Waals surface area contributed by atoms with Crippen molar-refractivity contribution in [2.24, 2.45) is 5.73 Å². The van der Waals surface area contributed by atoms with Crippen molar-refractivity contribution in [2.45, 2.75) is 12.1 Å². The number of nitrogens with zero attached hydrogens (tertiary/aromatic N) is 1. The normalized spacial score (nSPS) is 9.86. The minimum absolute atomic E-state index is 0.0382. The summed E-state index contributed by atoms with van der Waals surface area (Å²) in [6, 6.07) is 0. The van der Waals surface area contributed by atoms with Gasteiger partial charge < -0.3 is 14.9 Å². The standard InChI is InChI=1S/C7H9N3O3S/c1-3-4(5(11)12-2)13-7(10-3)14-6(8)9/h1-2H3,(H3,8,9). The molecule has 0 aromatic carbocycles. The lowest BCUT2D eigenvalue weighted by Gasteiger charge is -1.93. The molecular weight excluding hydrogens is 206 g/mol. The van der Waals surface area contributed by atoms with Gasteiger partial charge in [0.05, 0.1) is 12.8 Å². The number of ether oxygens (including phenoxy) is 1. The van der Waals surface area contributed by atoms with E-state index in [2.05, 4.69) is 9.72 Å². The summed E-state index contributed by atoms with van der Waals surface area (Å²) in [6.07, 6.45) is 0. The van der Waals surface area contributed by atoms with E-state index in [1.807, 2.05) is 0 Å². The van der Waals surface area contributed by atoms with E-state index in [0.717, 1.165) is 11.8 Å². The number of nitrogens with two attached hydrogens (primary N) is 1. The van der Waals surface area contributed by atoms with Gasteiger partial charge in [-0.1, -0.05) is 0 Å². The highest BCUT2D eigenvalue weighted by molar-refractivity contribution is 8.13. The van der Waals surface area contributed by atoms with Gasteiger partial charge in [-0.3, -0.25) is 5.41 Å². The molecule has 0 fully saturated rings. The third-order valence-corrected chi connectivity index (χ3v) is 1.91. The predicted octanol–water partition coefficient (Wildman–Crippen LogP) is 0.755. The van der Waals surface area contributed by atoms with Crippen LogP contribution in [0, 0.1) is 12.3 Å². The zero-order chi connectivity index (χ0) is 10.7. The highest BCUT2D eigenvalue weighted by Crippen LogP contribution is 2.20. The molecule has 1 heterocycles. The van der Waals surface area contributed by atoms with Crippen LogP contribution in [0.25, 0.3) is 0 Å². The summed E-state index contributed by atoms with van der Waals surface area (Å²) in [6.45, 7) is 1.61. The van der Waals surface area contributed by atoms with Gasteiger partial charge in [0.25, 0.3) is 5.22 Å². The van der Waals surface area contributed by atoms with Crippen LogP contribution in [0.15, 0.2) is 9.64 Å². The van der Waals surface area contributed by atoms with Crippen LogP contribution in [-0.4, -0.2) is 23.2 Å². The van der Waals surface area contributed by atoms with Gasteiger partial charge in [0.2, 0.25) is 5.76 Å². The lowest BCUT2D eigenvalue weighted by Crippen LogP contribution is -2.02. The Hall–Kier alpha value is -1.50. The van der Waals surface area contributed by atoms with Gasteiger partial charge in [0.15, 0.2) is 5.17 Å². The number of methoxy groups -OCH3 is 1. The van der Waals surface area contributed by atoms with Crippen LogP contribution in [-0.2, 0) is 4.74 Å². The maximum absolute atomic E-state index is 11.1. The largest absolute Gasteiger partial charge is 0.463 e. The van der Waals surface area contributed by atoms with Crippen molar-refractivity contribution in [1.29, 1.82) is 5.41 Å². The molecule has 0 amide bonds. The molecular formula is C7H9N3O3S. The third kappa shape index (κ3) is 2.25. The zero-order valence-corrected chi connectivity index (χ0v) is 8.47. The zero-order valence-electron chi connectivity index (χ0n) is 7.66. The lowest BCUT2D eigenvalue weighted by atomic mass is 10.4. The van der Waals surface area contributed by atoms with Gasteiger partial charge in [-0.2, -0.15) is 0 Å². The van der Waals surface area contributed by atoms with Crippen molar-refractivity contribution in [3.63, 3.8) is 0 Å². The molecule has 0 aliphatic rings. The Balaban J connectivity index is 2.93. The van der Waals surface area contributed by atoms with E-state index in [1.165, 1.54) is 7.11 Å². The summed E-state index contributed by atoms with van der Waals surface area (Å²) in [5.41, 5.74) is 5.54. The Labute approximate surface area is 84.3 Å². The molecule has 1 aromatic heterocycles. The summed E-state index contributed by atoms with van der Waals surface area (Å²) >= 11 is 0.837. The van der Waals surface area contributed by atoms with Gasteiger partial charge in [-0.05, 0) is 6.92 Å². The van der Waals surface area contributed by atoms with E-state index in [-0.39, 0.29) is 16.2 Å². The second-order valence-electron chi connectivity index (χ2n) is 2.35. The molecule has 14 heavy (non-hydrogen) atoms. The number of nitrogens with one attached hydrogen (secondary N) is 1. The molecule has 7 heteroatoms. The van der Waals surface area contributed by atoms with E-state index in [9.17, 15) is 4.79 Å². The van der Waals surface area contributed by atoms with Gasteiger partial charge in [-0.25, -0.2) is 9.78 Å². The number of aromatic nitrogens is 1. The number of aryl methyl sites for hydroxylation is 1. The fourth-order valence-electron chi connectivity index (χ4n) is 0.791. The maximum Gasteiger partial charge on any atom is 0.376 e. The Morgan fingerprint density at radius 3 is 2.86 bits per heavy atom. The number of hydrogen-bond donors (Lipinski definition) is 2. The molecule has 0 aliphatic heterocycles. The summed E-state index contributed by atoms with van der Waals surface area (Å²) < 4.78 is 9.50. The first-order valence-corrected chi connectivity index (χ1v) is 4.44. The number of esters is 1. The highest BCUT2D eigenvalue weighted by Gasteiger charge is 2.18. The van der Waals surface area contributed by atoms with E-state index in [0.29, 0.717) is 5.69 Å². The quantitative estimate of drug-likeness (QED) is 0.327. The molecule has 1 rings (SSSR count). The molecule has 0 aliphatic carbocycles. The number of hydrogen-bond acceptors (Lipinski definition) is 6. The highest BCUT2D eigenvalue weighted by atomic mass is 32.2. The van der Waals surface area contributed by atoms with Crippen LogP contribution >= 0.6 is 11.8 Å². The second kappa shape index (κ2) is 4.14. The van der Waals surface area contributed by atoms with E-state index in [4.69, 9.17) is 15.6 Å².